The summed E-state index contributed by atoms with van der Waals surface area (Å²) in [6, 6.07) is 15.7. The summed E-state index contributed by atoms with van der Waals surface area (Å²) in [5.74, 6) is -1.44. The van der Waals surface area contributed by atoms with E-state index in [2.05, 4.69) is 20.3 Å². The third-order valence-corrected chi connectivity index (χ3v) is 6.61. The maximum Gasteiger partial charge on any atom is 0.266 e. The number of rotatable bonds is 10. The number of para-hydroxylation sites is 1. The fraction of sp³-hybridized carbons (Fsp3) is 0.231. The number of hydrogen-bond acceptors (Lipinski definition) is 8. The smallest absolute Gasteiger partial charge is 0.266 e. The highest BCUT2D eigenvalue weighted by Gasteiger charge is 2.32. The number of hydrogen-bond donors (Lipinski definition) is 4. The first kappa shape index (κ1) is 26.6. The van der Waals surface area contributed by atoms with Gasteiger partial charge in [-0.3, -0.25) is 29.3 Å². The second-order valence-electron chi connectivity index (χ2n) is 8.50. The predicted molar refractivity (Wildman–Crippen MR) is 147 cm³/mol. The number of ketones is 1. The van der Waals surface area contributed by atoms with Gasteiger partial charge in [-0.2, -0.15) is 0 Å². The molecule has 2 atom stereocenters. The largest absolute Gasteiger partial charge is 0.370 e. The summed E-state index contributed by atoms with van der Waals surface area (Å²) < 4.78 is 0. The average Bonchev–Trinajstić information content (AvgIpc) is 3.44. The molecule has 0 aliphatic carbocycles. The van der Waals surface area contributed by atoms with Crippen LogP contribution in [0.15, 0.2) is 76.2 Å². The lowest BCUT2D eigenvalue weighted by Gasteiger charge is -2.25. The molecule has 1 aliphatic rings. The lowest BCUT2D eigenvalue weighted by molar-refractivity contribution is -0.124. The summed E-state index contributed by atoms with van der Waals surface area (Å²) in [5.41, 5.74) is 19.4. The van der Waals surface area contributed by atoms with E-state index in [1.807, 2.05) is 42.5 Å². The van der Waals surface area contributed by atoms with Gasteiger partial charge in [-0.1, -0.05) is 48.5 Å². The molecule has 3 aromatic rings. The van der Waals surface area contributed by atoms with Gasteiger partial charge in [-0.25, -0.2) is 4.98 Å². The Kier molecular flexibility index (Phi) is 8.56. The Hall–Kier alpha value is -4.42. The Bertz CT molecular complexity index is 1350. The van der Waals surface area contributed by atoms with Crippen molar-refractivity contribution in [1.29, 1.82) is 0 Å². The highest BCUT2D eigenvalue weighted by molar-refractivity contribution is 7.11. The van der Waals surface area contributed by atoms with Gasteiger partial charge in [0.25, 0.3) is 5.91 Å². The molecular formula is C26H28N8O3S. The third kappa shape index (κ3) is 6.28. The van der Waals surface area contributed by atoms with E-state index in [0.717, 1.165) is 5.56 Å². The van der Waals surface area contributed by atoms with Gasteiger partial charge in [0.05, 0.1) is 17.4 Å². The highest BCUT2D eigenvalue weighted by Crippen LogP contribution is 2.27. The Morgan fingerprint density at radius 2 is 1.84 bits per heavy atom. The number of amides is 2. The first-order chi connectivity index (χ1) is 18.3. The van der Waals surface area contributed by atoms with Crippen LogP contribution in [0, 0.1) is 0 Å². The van der Waals surface area contributed by atoms with Gasteiger partial charge >= 0.3 is 0 Å². The summed E-state index contributed by atoms with van der Waals surface area (Å²) >= 11 is 1.18. The second-order valence-corrected chi connectivity index (χ2v) is 9.40. The summed E-state index contributed by atoms with van der Waals surface area (Å²) in [5, 5.41) is 4.72. The van der Waals surface area contributed by atoms with Crippen molar-refractivity contribution in [1.82, 2.24) is 10.3 Å². The normalized spacial score (nSPS) is 15.6. The molecular weight excluding hydrogens is 504 g/mol. The van der Waals surface area contributed by atoms with Crippen molar-refractivity contribution in [3.05, 3.63) is 82.3 Å². The number of nitrogens with zero attached hydrogens (tertiary/aromatic N) is 4. The van der Waals surface area contributed by atoms with Crippen LogP contribution >= 0.6 is 11.3 Å². The topological polar surface area (TPSA) is 182 Å². The van der Waals surface area contributed by atoms with Gasteiger partial charge in [0, 0.05) is 29.2 Å². The van der Waals surface area contributed by atoms with Crippen LogP contribution in [-0.2, 0) is 9.59 Å². The molecule has 11 nitrogen and oxygen atoms in total. The maximum absolute atomic E-state index is 13.3. The molecule has 2 unspecified atom stereocenters. The van der Waals surface area contributed by atoms with Crippen LogP contribution in [0.25, 0.3) is 0 Å². The standard InChI is InChI=1S/C26H28N8O3S/c27-23-25(37)34(19-11-5-4-9-17(19)21(33-23)16-7-2-1-3-8-16)15-20(35)32-18(10-6-12-31-26(28)29)22(36)24-30-13-14-38-24/h1-5,7-9,11,13-14,18,23H,6,10,12,15,27H2,(H,32,35)(H4,28,29,31). The van der Waals surface area contributed by atoms with Gasteiger partial charge in [-0.15, -0.1) is 11.3 Å². The fourth-order valence-electron chi connectivity index (χ4n) is 4.09. The predicted octanol–water partition coefficient (Wildman–Crippen LogP) is 1.03. The SMILES string of the molecule is NC(N)=NCCCC(NC(=O)CN1C(=O)C(N)N=C(c2ccccc2)c2ccccc21)C(=O)c1nccs1. The van der Waals surface area contributed by atoms with E-state index in [0.29, 0.717) is 29.9 Å². The first-order valence-corrected chi connectivity index (χ1v) is 12.8. The molecule has 196 valence electrons. The molecule has 38 heavy (non-hydrogen) atoms. The van der Waals surface area contributed by atoms with Crippen LogP contribution in [0.1, 0.15) is 33.8 Å². The number of carbonyl (C=O) groups is 3. The Balaban J connectivity index is 1.57. The number of benzene rings is 2. The molecule has 0 bridgehead atoms. The van der Waals surface area contributed by atoms with Crippen molar-refractivity contribution in [3.63, 3.8) is 0 Å². The van der Waals surface area contributed by atoms with Crippen LogP contribution < -0.4 is 27.4 Å². The molecule has 0 radical (unpaired) electrons. The van der Waals surface area contributed by atoms with E-state index in [9.17, 15) is 14.4 Å². The number of fused-ring (bicyclic) bond motifs is 1. The Morgan fingerprint density at radius 1 is 1.11 bits per heavy atom. The number of benzodiazepines with no additional fused rings is 1. The van der Waals surface area contributed by atoms with E-state index in [1.165, 1.54) is 22.4 Å². The van der Waals surface area contributed by atoms with E-state index < -0.39 is 24.0 Å². The van der Waals surface area contributed by atoms with Gasteiger partial charge < -0.3 is 22.5 Å². The monoisotopic (exact) mass is 532 g/mol. The van der Waals surface area contributed by atoms with Gasteiger partial charge in [0.2, 0.25) is 11.7 Å². The average molecular weight is 533 g/mol. The molecule has 0 spiro atoms. The second kappa shape index (κ2) is 12.2. The molecule has 2 heterocycles. The zero-order chi connectivity index (χ0) is 27.1. The zero-order valence-corrected chi connectivity index (χ0v) is 21.3. The van der Waals surface area contributed by atoms with Crippen molar-refractivity contribution < 1.29 is 14.4 Å². The van der Waals surface area contributed by atoms with Crippen molar-refractivity contribution in [2.45, 2.75) is 25.0 Å². The molecule has 4 rings (SSSR count). The Labute approximate surface area is 223 Å². The zero-order valence-electron chi connectivity index (χ0n) is 20.5. The number of nitrogens with two attached hydrogens (primary N) is 3. The van der Waals surface area contributed by atoms with Crippen molar-refractivity contribution in [3.8, 4) is 0 Å². The molecule has 7 N–H and O–H groups in total. The van der Waals surface area contributed by atoms with Crippen LogP contribution in [0.3, 0.4) is 0 Å². The van der Waals surface area contributed by atoms with Crippen LogP contribution in [0.4, 0.5) is 5.69 Å². The molecule has 2 amide bonds. The number of aliphatic imine (C=N–C) groups is 2. The van der Waals surface area contributed by atoms with Crippen LogP contribution in [0.2, 0.25) is 0 Å². The van der Waals surface area contributed by atoms with Crippen LogP contribution in [0.5, 0.6) is 0 Å². The molecule has 0 saturated carbocycles. The lowest BCUT2D eigenvalue weighted by Crippen LogP contribution is -2.50. The molecule has 1 aliphatic heterocycles. The minimum absolute atomic E-state index is 0.0522. The molecule has 0 fully saturated rings. The lowest BCUT2D eigenvalue weighted by atomic mass is 10.0. The number of anilines is 1. The third-order valence-electron chi connectivity index (χ3n) is 5.83. The van der Waals surface area contributed by atoms with E-state index in [-0.39, 0.29) is 29.7 Å². The number of nitrogens with one attached hydrogen (secondary N) is 1. The summed E-state index contributed by atoms with van der Waals surface area (Å²) in [6.07, 6.45) is 1.05. The molecule has 2 aromatic carbocycles. The van der Waals surface area contributed by atoms with Crippen molar-refractivity contribution in [2.24, 2.45) is 27.2 Å². The minimum Gasteiger partial charge on any atom is -0.370 e. The Morgan fingerprint density at radius 3 is 2.55 bits per heavy atom. The molecule has 1 aromatic heterocycles. The number of Topliss-reactive ketones (excluding diaryl/α,β-unsaturated/α-hetero) is 1. The number of aromatic nitrogens is 1. The van der Waals surface area contributed by atoms with Gasteiger partial charge in [0.15, 0.2) is 17.1 Å². The van der Waals surface area contributed by atoms with E-state index >= 15 is 0 Å². The molecule has 12 heteroatoms. The first-order valence-electron chi connectivity index (χ1n) is 11.9. The van der Waals surface area contributed by atoms with E-state index in [1.54, 1.807) is 17.5 Å². The van der Waals surface area contributed by atoms with E-state index in [4.69, 9.17) is 17.2 Å². The fourth-order valence-corrected chi connectivity index (χ4v) is 4.72. The summed E-state index contributed by atoms with van der Waals surface area (Å²) in [7, 11) is 0. The summed E-state index contributed by atoms with van der Waals surface area (Å²) in [6.45, 7) is -0.0526. The molecule has 0 saturated heterocycles. The highest BCUT2D eigenvalue weighted by atomic mass is 32.1. The van der Waals surface area contributed by atoms with Crippen molar-refractivity contribution in [2.75, 3.05) is 18.0 Å². The maximum atomic E-state index is 13.3. The van der Waals surface area contributed by atoms with Crippen LogP contribution in [-0.4, -0.2) is 59.5 Å². The minimum atomic E-state index is -1.21. The summed E-state index contributed by atoms with van der Waals surface area (Å²) in [4.78, 5) is 53.4. The van der Waals surface area contributed by atoms with Crippen molar-refractivity contribution >= 4 is 46.3 Å². The number of guanidine groups is 1. The number of thiazole rings is 1. The van der Waals surface area contributed by atoms with Gasteiger partial charge in [-0.05, 0) is 18.9 Å². The number of carbonyl (C=O) groups excluding carboxylic acids is 3. The quantitative estimate of drug-likeness (QED) is 0.130. The van der Waals surface area contributed by atoms with Gasteiger partial charge in [0.1, 0.15) is 6.54 Å².